The first-order valence-electron chi connectivity index (χ1n) is 7.85. The number of aromatic nitrogens is 1. The Hall–Kier alpha value is -2.67. The van der Waals surface area contributed by atoms with Crippen molar-refractivity contribution in [3.63, 3.8) is 0 Å². The fourth-order valence-corrected chi connectivity index (χ4v) is 2.75. The van der Waals surface area contributed by atoms with Gasteiger partial charge in [-0.3, -0.25) is 4.79 Å². The maximum Gasteiger partial charge on any atom is 0.259 e. The number of rotatable bonds is 5. The fraction of sp³-hybridized carbons (Fsp3) is 0.158. The zero-order valence-corrected chi connectivity index (χ0v) is 15.8. The van der Waals surface area contributed by atoms with Crippen molar-refractivity contribution in [3.8, 4) is 5.75 Å². The van der Waals surface area contributed by atoms with E-state index in [9.17, 15) is 9.18 Å². The van der Waals surface area contributed by atoms with Gasteiger partial charge in [0.25, 0.3) is 5.91 Å². The number of amides is 1. The average Bonchev–Trinajstić information content (AvgIpc) is 2.94. The maximum atomic E-state index is 14.0. The van der Waals surface area contributed by atoms with Gasteiger partial charge in [0.2, 0.25) is 0 Å². The molecule has 0 unspecified atom stereocenters. The molecule has 0 aliphatic heterocycles. The molecule has 1 heterocycles. The minimum Gasteiger partial charge on any atom is -0.488 e. The van der Waals surface area contributed by atoms with Crippen molar-refractivity contribution in [1.29, 1.82) is 0 Å². The van der Waals surface area contributed by atoms with Crippen molar-refractivity contribution in [3.05, 3.63) is 75.3 Å². The molecular weight excluding hydrogens is 403 g/mol. The molecule has 5 nitrogen and oxygen atoms in total. The van der Waals surface area contributed by atoms with Gasteiger partial charge in [-0.15, -0.1) is 0 Å². The molecule has 1 aromatic heterocycles. The molecule has 3 aromatic rings. The van der Waals surface area contributed by atoms with E-state index >= 15 is 0 Å². The second kappa shape index (κ2) is 7.70. The zero-order chi connectivity index (χ0) is 18.7. The quantitative estimate of drug-likeness (QED) is 0.631. The Kier molecular flexibility index (Phi) is 5.37. The van der Waals surface area contributed by atoms with Gasteiger partial charge in [0, 0.05) is 4.47 Å². The summed E-state index contributed by atoms with van der Waals surface area (Å²) >= 11 is 3.18. The summed E-state index contributed by atoms with van der Waals surface area (Å²) in [7, 11) is 0. The van der Waals surface area contributed by atoms with Gasteiger partial charge in [-0.2, -0.15) is 0 Å². The van der Waals surface area contributed by atoms with Gasteiger partial charge in [0.05, 0.1) is 22.5 Å². The highest BCUT2D eigenvalue weighted by molar-refractivity contribution is 9.10. The van der Waals surface area contributed by atoms with E-state index in [0.29, 0.717) is 21.5 Å². The summed E-state index contributed by atoms with van der Waals surface area (Å²) < 4.78 is 25.4. The van der Waals surface area contributed by atoms with Crippen LogP contribution in [0, 0.1) is 19.7 Å². The summed E-state index contributed by atoms with van der Waals surface area (Å²) in [5.41, 5.74) is 1.97. The van der Waals surface area contributed by atoms with Crippen LogP contribution in [-0.4, -0.2) is 11.1 Å². The van der Waals surface area contributed by atoms with E-state index in [1.54, 1.807) is 37.3 Å². The summed E-state index contributed by atoms with van der Waals surface area (Å²) in [4.78, 5) is 12.6. The monoisotopic (exact) mass is 418 g/mol. The van der Waals surface area contributed by atoms with E-state index < -0.39 is 11.7 Å². The Morgan fingerprint density at radius 3 is 2.73 bits per heavy atom. The first-order valence-corrected chi connectivity index (χ1v) is 8.65. The lowest BCUT2D eigenvalue weighted by Crippen LogP contribution is -2.14. The summed E-state index contributed by atoms with van der Waals surface area (Å²) in [6.45, 7) is 3.84. The summed E-state index contributed by atoms with van der Waals surface area (Å²) in [5, 5.41) is 6.44. The first kappa shape index (κ1) is 18.1. The SMILES string of the molecule is Cc1noc(C)c1COc1ccccc1C(=O)Nc1ccc(Br)cc1F. The van der Waals surface area contributed by atoms with Crippen molar-refractivity contribution in [1.82, 2.24) is 5.16 Å². The molecule has 0 radical (unpaired) electrons. The number of anilines is 1. The van der Waals surface area contributed by atoms with Crippen molar-refractivity contribution in [2.45, 2.75) is 20.5 Å². The molecule has 3 rings (SSSR count). The van der Waals surface area contributed by atoms with Gasteiger partial charge >= 0.3 is 0 Å². The van der Waals surface area contributed by atoms with Gasteiger partial charge in [-0.25, -0.2) is 4.39 Å². The Balaban J connectivity index is 1.79. The second-order valence-electron chi connectivity index (χ2n) is 5.67. The topological polar surface area (TPSA) is 64.4 Å². The molecule has 0 atom stereocenters. The van der Waals surface area contributed by atoms with Gasteiger partial charge in [0.1, 0.15) is 23.9 Å². The molecule has 26 heavy (non-hydrogen) atoms. The summed E-state index contributed by atoms with van der Waals surface area (Å²) in [6, 6.07) is 11.2. The molecule has 1 N–H and O–H groups in total. The number of ether oxygens (including phenoxy) is 1. The van der Waals surface area contributed by atoms with Gasteiger partial charge in [-0.05, 0) is 44.2 Å². The zero-order valence-electron chi connectivity index (χ0n) is 14.2. The normalized spacial score (nSPS) is 10.6. The third-order valence-corrected chi connectivity index (χ3v) is 4.36. The largest absolute Gasteiger partial charge is 0.488 e. The molecule has 0 saturated carbocycles. The maximum absolute atomic E-state index is 14.0. The Labute approximate surface area is 158 Å². The molecule has 0 bridgehead atoms. The third-order valence-electron chi connectivity index (χ3n) is 3.86. The van der Waals surface area contributed by atoms with Gasteiger partial charge in [0.15, 0.2) is 0 Å². The highest BCUT2D eigenvalue weighted by atomic mass is 79.9. The van der Waals surface area contributed by atoms with E-state index in [2.05, 4.69) is 26.4 Å². The summed E-state index contributed by atoms with van der Waals surface area (Å²) in [5.74, 6) is 0.0753. The van der Waals surface area contributed by atoms with Crippen LogP contribution in [0.15, 0.2) is 51.5 Å². The van der Waals surface area contributed by atoms with Crippen LogP contribution in [0.2, 0.25) is 0 Å². The molecule has 0 aliphatic carbocycles. The highest BCUT2D eigenvalue weighted by Crippen LogP contribution is 2.24. The molecule has 2 aromatic carbocycles. The van der Waals surface area contributed by atoms with E-state index in [1.165, 1.54) is 12.1 Å². The van der Waals surface area contributed by atoms with Crippen LogP contribution >= 0.6 is 15.9 Å². The summed E-state index contributed by atoms with van der Waals surface area (Å²) in [6.07, 6.45) is 0. The third kappa shape index (κ3) is 3.94. The van der Waals surface area contributed by atoms with Crippen LogP contribution in [0.25, 0.3) is 0 Å². The Morgan fingerprint density at radius 1 is 1.27 bits per heavy atom. The number of nitrogens with zero attached hydrogens (tertiary/aromatic N) is 1. The number of para-hydroxylation sites is 1. The van der Waals surface area contributed by atoms with Gasteiger partial charge < -0.3 is 14.6 Å². The Morgan fingerprint density at radius 2 is 2.04 bits per heavy atom. The number of carbonyl (C=O) groups excluding carboxylic acids is 1. The minimum atomic E-state index is -0.526. The molecule has 0 spiro atoms. The van der Waals surface area contributed by atoms with Crippen LogP contribution in [0.4, 0.5) is 10.1 Å². The molecule has 0 fully saturated rings. The molecule has 0 saturated heterocycles. The van der Waals surface area contributed by atoms with Crippen molar-refractivity contribution in [2.75, 3.05) is 5.32 Å². The highest BCUT2D eigenvalue weighted by Gasteiger charge is 2.16. The number of benzene rings is 2. The second-order valence-corrected chi connectivity index (χ2v) is 6.58. The van der Waals surface area contributed by atoms with Crippen LogP contribution in [0.1, 0.15) is 27.4 Å². The predicted octanol–water partition coefficient (Wildman–Crippen LogP) is 5.02. The van der Waals surface area contributed by atoms with E-state index in [1.807, 2.05) is 6.92 Å². The average molecular weight is 419 g/mol. The lowest BCUT2D eigenvalue weighted by Gasteiger charge is -2.12. The van der Waals surface area contributed by atoms with Crippen molar-refractivity contribution in [2.24, 2.45) is 0 Å². The molecular formula is C19H16BrFN2O3. The predicted molar refractivity (Wildman–Crippen MR) is 98.8 cm³/mol. The van der Waals surface area contributed by atoms with Crippen LogP contribution in [0.5, 0.6) is 5.75 Å². The van der Waals surface area contributed by atoms with E-state index in [-0.39, 0.29) is 12.3 Å². The molecule has 134 valence electrons. The smallest absolute Gasteiger partial charge is 0.259 e. The molecule has 1 amide bonds. The van der Waals surface area contributed by atoms with Crippen LogP contribution in [-0.2, 0) is 6.61 Å². The number of nitrogens with one attached hydrogen (secondary N) is 1. The van der Waals surface area contributed by atoms with Crippen molar-refractivity contribution < 1.29 is 18.4 Å². The number of carbonyl (C=O) groups is 1. The number of hydrogen-bond acceptors (Lipinski definition) is 4. The lowest BCUT2D eigenvalue weighted by atomic mass is 10.1. The molecule has 7 heteroatoms. The minimum absolute atomic E-state index is 0.0960. The van der Waals surface area contributed by atoms with Crippen LogP contribution in [0.3, 0.4) is 0 Å². The number of hydrogen-bond donors (Lipinski definition) is 1. The van der Waals surface area contributed by atoms with Crippen LogP contribution < -0.4 is 10.1 Å². The van der Waals surface area contributed by atoms with E-state index in [4.69, 9.17) is 9.26 Å². The molecule has 0 aliphatic rings. The number of aryl methyl sites for hydroxylation is 2. The van der Waals surface area contributed by atoms with Gasteiger partial charge in [-0.1, -0.05) is 33.2 Å². The first-order chi connectivity index (χ1) is 12.5. The Bertz CT molecular complexity index is 936. The fourth-order valence-electron chi connectivity index (χ4n) is 2.42. The lowest BCUT2D eigenvalue weighted by molar-refractivity contribution is 0.102. The standard InChI is InChI=1S/C19H16BrFN2O3/c1-11-15(12(2)26-23-11)10-25-18-6-4-3-5-14(18)19(24)22-17-8-7-13(20)9-16(17)21/h3-9H,10H2,1-2H3,(H,22,24). The van der Waals surface area contributed by atoms with Crippen molar-refractivity contribution >= 4 is 27.5 Å². The number of halogens is 2. The van der Waals surface area contributed by atoms with E-state index in [0.717, 1.165) is 11.3 Å².